The van der Waals surface area contributed by atoms with Gasteiger partial charge >= 0.3 is 0 Å². The van der Waals surface area contributed by atoms with E-state index in [2.05, 4.69) is 36.1 Å². The van der Waals surface area contributed by atoms with Crippen LogP contribution >= 0.6 is 12.4 Å². The van der Waals surface area contributed by atoms with E-state index in [9.17, 15) is 4.79 Å². The van der Waals surface area contributed by atoms with Gasteiger partial charge in [-0.2, -0.15) is 0 Å². The van der Waals surface area contributed by atoms with Crippen LogP contribution in [-0.2, 0) is 16.0 Å². The number of morpholine rings is 1. The first-order valence-corrected chi connectivity index (χ1v) is 8.38. The number of carbonyl (C=O) groups excluding carboxylic acids is 1. The van der Waals surface area contributed by atoms with Crippen LogP contribution in [0.4, 0.5) is 0 Å². The lowest BCUT2D eigenvalue weighted by Crippen LogP contribution is -2.51. The number of hydrogen-bond donors (Lipinski definition) is 0. The highest BCUT2D eigenvalue weighted by Crippen LogP contribution is 2.35. The molecule has 1 aliphatic carbocycles. The minimum Gasteiger partial charge on any atom is -0.412 e. The Morgan fingerprint density at radius 1 is 1.33 bits per heavy atom. The molecule has 1 aliphatic heterocycles. The third-order valence-electron chi connectivity index (χ3n) is 5.07. The molecule has 0 bridgehead atoms. The van der Waals surface area contributed by atoms with E-state index >= 15 is 0 Å². The van der Waals surface area contributed by atoms with Gasteiger partial charge in [0.05, 0.1) is 25.3 Å². The van der Waals surface area contributed by atoms with Crippen LogP contribution in [0, 0.1) is 0 Å². The predicted molar refractivity (Wildman–Crippen MR) is 97.6 cm³/mol. The zero-order valence-corrected chi connectivity index (χ0v) is 15.3. The molecule has 3 rings (SSSR count). The summed E-state index contributed by atoms with van der Waals surface area (Å²) in [6.45, 7) is 5.30. The zero-order chi connectivity index (χ0) is 15.5. The number of aryl methyl sites for hydroxylation is 1. The Morgan fingerprint density at radius 2 is 2.00 bits per heavy atom. The number of benzene rings is 1. The van der Waals surface area contributed by atoms with Crippen LogP contribution in [0.25, 0.3) is 0 Å². The van der Waals surface area contributed by atoms with E-state index in [0.29, 0.717) is 0 Å². The lowest BCUT2D eigenvalue weighted by molar-refractivity contribution is -0.139. The molecular formula is C18H29ClN2O3. The highest BCUT2D eigenvalue weighted by atomic mass is 35.5. The number of fused-ring (bicyclic) bond motifs is 1. The number of likely N-dealkylation sites (N-methyl/N-ethyl adjacent to an activating group) is 1. The largest absolute Gasteiger partial charge is 0.412 e. The second-order valence-corrected chi connectivity index (χ2v) is 6.27. The third kappa shape index (κ3) is 4.09. The molecule has 136 valence electrons. The topological polar surface area (TPSA) is 64.3 Å². The zero-order valence-electron chi connectivity index (χ0n) is 14.5. The number of hydrogen-bond acceptors (Lipinski definition) is 3. The molecule has 2 aliphatic rings. The average Bonchev–Trinajstić information content (AvgIpc) is 3.00. The second-order valence-electron chi connectivity index (χ2n) is 6.27. The van der Waals surface area contributed by atoms with Gasteiger partial charge in [-0.25, -0.2) is 0 Å². The summed E-state index contributed by atoms with van der Waals surface area (Å²) in [5, 5.41) is 0. The first-order valence-electron chi connectivity index (χ1n) is 8.38. The Bertz CT molecular complexity index is 535. The number of nitrogens with zero attached hydrogens (tertiary/aromatic N) is 2. The summed E-state index contributed by atoms with van der Waals surface area (Å²) in [5.41, 5.74) is 2.72. The number of amides is 1. The van der Waals surface area contributed by atoms with Crippen molar-refractivity contribution in [3.8, 4) is 0 Å². The van der Waals surface area contributed by atoms with Crippen LogP contribution in [0.3, 0.4) is 0 Å². The molecule has 0 radical (unpaired) electrons. The maximum absolute atomic E-state index is 13.0. The molecule has 1 saturated heterocycles. The molecule has 1 aromatic rings. The maximum atomic E-state index is 13.0. The fourth-order valence-corrected chi connectivity index (χ4v) is 3.80. The first-order chi connectivity index (χ1) is 10.7. The van der Waals surface area contributed by atoms with E-state index in [4.69, 9.17) is 4.74 Å². The number of carbonyl (C=O) groups is 1. The maximum Gasteiger partial charge on any atom is 0.240 e. The lowest BCUT2D eigenvalue weighted by Gasteiger charge is -2.37. The van der Waals surface area contributed by atoms with E-state index in [-0.39, 0.29) is 35.9 Å². The van der Waals surface area contributed by atoms with Crippen molar-refractivity contribution in [3.63, 3.8) is 0 Å². The van der Waals surface area contributed by atoms with Gasteiger partial charge in [-0.1, -0.05) is 31.2 Å². The summed E-state index contributed by atoms with van der Waals surface area (Å²) in [5.74, 6) is 0.256. The van der Waals surface area contributed by atoms with Gasteiger partial charge < -0.3 is 15.1 Å². The Hall–Kier alpha value is -1.14. The average molecular weight is 357 g/mol. The smallest absolute Gasteiger partial charge is 0.240 e. The molecule has 6 heteroatoms. The molecule has 1 heterocycles. The molecule has 2 N–H and O–H groups in total. The standard InChI is InChI=1S/C18H26N2O2.ClH.H2O/c1-3-16(20-10-12-22-13-11-20)18(21)19(2)17-9-8-14-6-4-5-7-15(14)17;;/h4-7,16-17H,3,8-13H2,1-2H3;1H;1H2. The van der Waals surface area contributed by atoms with E-state index < -0.39 is 0 Å². The SMILES string of the molecule is CCC(C(=O)N(C)C1CCc2ccccc21)N1CCOCC1.Cl.O. The molecular weight excluding hydrogens is 328 g/mol. The highest BCUT2D eigenvalue weighted by molar-refractivity contribution is 5.85. The summed E-state index contributed by atoms with van der Waals surface area (Å²) in [6, 6.07) is 8.75. The van der Waals surface area contributed by atoms with Crippen molar-refractivity contribution < 1.29 is 15.0 Å². The molecule has 1 amide bonds. The molecule has 0 spiro atoms. The van der Waals surface area contributed by atoms with Crippen molar-refractivity contribution in [1.82, 2.24) is 9.80 Å². The third-order valence-corrected chi connectivity index (χ3v) is 5.07. The van der Waals surface area contributed by atoms with Gasteiger partial charge in [0, 0.05) is 20.1 Å². The molecule has 2 atom stereocenters. The fraction of sp³-hybridized carbons (Fsp3) is 0.611. The van der Waals surface area contributed by atoms with Gasteiger partial charge in [0.2, 0.25) is 5.91 Å². The van der Waals surface area contributed by atoms with Gasteiger partial charge in [-0.05, 0) is 30.4 Å². The van der Waals surface area contributed by atoms with Crippen LogP contribution in [-0.4, -0.2) is 60.6 Å². The summed E-state index contributed by atoms with van der Waals surface area (Å²) in [6.07, 6.45) is 2.98. The molecule has 2 unspecified atom stereocenters. The Kier molecular flexibility index (Phi) is 8.16. The van der Waals surface area contributed by atoms with Crippen LogP contribution in [0.2, 0.25) is 0 Å². The van der Waals surface area contributed by atoms with Gasteiger partial charge in [0.25, 0.3) is 0 Å². The predicted octanol–water partition coefficient (Wildman–Crippen LogP) is 1.84. The lowest BCUT2D eigenvalue weighted by atomic mass is 10.1. The molecule has 1 fully saturated rings. The normalized spacial score (nSPS) is 21.2. The van der Waals surface area contributed by atoms with E-state index in [1.54, 1.807) is 0 Å². The summed E-state index contributed by atoms with van der Waals surface area (Å²) in [4.78, 5) is 17.3. The number of ether oxygens (including phenoxy) is 1. The Labute approximate surface area is 150 Å². The minimum absolute atomic E-state index is 0. The van der Waals surface area contributed by atoms with Gasteiger partial charge in [0.1, 0.15) is 0 Å². The van der Waals surface area contributed by atoms with Crippen molar-refractivity contribution in [2.45, 2.75) is 38.3 Å². The van der Waals surface area contributed by atoms with Crippen LogP contribution in [0.5, 0.6) is 0 Å². The Morgan fingerprint density at radius 3 is 2.67 bits per heavy atom. The number of halogens is 1. The van der Waals surface area contributed by atoms with Gasteiger partial charge in [-0.15, -0.1) is 12.4 Å². The monoisotopic (exact) mass is 356 g/mol. The van der Waals surface area contributed by atoms with E-state index in [1.165, 1.54) is 11.1 Å². The molecule has 24 heavy (non-hydrogen) atoms. The summed E-state index contributed by atoms with van der Waals surface area (Å²) >= 11 is 0. The summed E-state index contributed by atoms with van der Waals surface area (Å²) in [7, 11) is 1.97. The van der Waals surface area contributed by atoms with E-state index in [1.807, 2.05) is 11.9 Å². The van der Waals surface area contributed by atoms with Crippen molar-refractivity contribution in [1.29, 1.82) is 0 Å². The van der Waals surface area contributed by atoms with Crippen molar-refractivity contribution >= 4 is 18.3 Å². The highest BCUT2D eigenvalue weighted by Gasteiger charge is 2.34. The minimum atomic E-state index is -0.0123. The van der Waals surface area contributed by atoms with Crippen molar-refractivity contribution in [2.75, 3.05) is 33.4 Å². The van der Waals surface area contributed by atoms with Crippen LogP contribution < -0.4 is 0 Å². The molecule has 0 aromatic heterocycles. The fourth-order valence-electron chi connectivity index (χ4n) is 3.80. The van der Waals surface area contributed by atoms with Crippen molar-refractivity contribution in [3.05, 3.63) is 35.4 Å². The molecule has 1 aromatic carbocycles. The van der Waals surface area contributed by atoms with Crippen LogP contribution in [0.15, 0.2) is 24.3 Å². The second kappa shape index (κ2) is 9.37. The summed E-state index contributed by atoms with van der Waals surface area (Å²) < 4.78 is 5.41. The Balaban J connectivity index is 0.00000144. The number of rotatable bonds is 4. The molecule has 0 saturated carbocycles. The van der Waals surface area contributed by atoms with Crippen LogP contribution in [0.1, 0.15) is 36.9 Å². The van der Waals surface area contributed by atoms with Gasteiger partial charge in [-0.3, -0.25) is 9.69 Å². The van der Waals surface area contributed by atoms with E-state index in [0.717, 1.165) is 45.6 Å². The quantitative estimate of drug-likeness (QED) is 0.826. The van der Waals surface area contributed by atoms with Crippen molar-refractivity contribution in [2.24, 2.45) is 0 Å². The molecule has 5 nitrogen and oxygen atoms in total. The first kappa shape index (κ1) is 20.9. The van der Waals surface area contributed by atoms with Gasteiger partial charge in [0.15, 0.2) is 0 Å².